The van der Waals surface area contributed by atoms with Gasteiger partial charge in [-0.05, 0) is 39.0 Å². The second-order valence-electron chi connectivity index (χ2n) is 11.4. The van der Waals surface area contributed by atoms with Crippen molar-refractivity contribution >= 4 is 29.6 Å². The SMILES string of the molecule is CC(=O)CCC(NC(=O)CCC(NC(O)CCCCCCCCCCCCCCCCCCC(=O)O)C(=O)O)C(=O)O. The fourth-order valence-corrected chi connectivity index (χ4v) is 4.83. The maximum atomic E-state index is 12.1. The van der Waals surface area contributed by atoms with E-state index in [-0.39, 0.29) is 37.9 Å². The Morgan fingerprint density at radius 1 is 0.524 bits per heavy atom. The van der Waals surface area contributed by atoms with Gasteiger partial charge in [-0.3, -0.25) is 19.7 Å². The molecule has 3 atom stereocenters. The normalized spacial score (nSPS) is 13.3. The van der Waals surface area contributed by atoms with Crippen molar-refractivity contribution in [1.29, 1.82) is 0 Å². The summed E-state index contributed by atoms with van der Waals surface area (Å²) in [5.41, 5.74) is 0. The average Bonchev–Trinajstić information content (AvgIpc) is 2.91. The highest BCUT2D eigenvalue weighted by molar-refractivity contribution is 5.85. The molecule has 0 aliphatic rings. The van der Waals surface area contributed by atoms with Gasteiger partial charge in [-0.25, -0.2) is 4.79 Å². The van der Waals surface area contributed by atoms with Gasteiger partial charge < -0.3 is 30.5 Å². The number of carboxylic acids is 3. The summed E-state index contributed by atoms with van der Waals surface area (Å²) in [5, 5.41) is 42.4. The average molecular weight is 601 g/mol. The standard InChI is InChI=1S/C31H56N2O9/c1-24(34)20-21-25(30(39)40)33-28(36)23-22-26(31(41)42)32-27(35)18-16-14-12-10-8-6-4-2-3-5-7-9-11-13-15-17-19-29(37)38/h25-27,32,35H,2-23H2,1H3,(H,33,36)(H,37,38)(H,39,40)(H,41,42). The van der Waals surface area contributed by atoms with Crippen LogP contribution in [0.4, 0.5) is 0 Å². The topological polar surface area (TPSA) is 190 Å². The predicted molar refractivity (Wildman–Crippen MR) is 160 cm³/mol. The summed E-state index contributed by atoms with van der Waals surface area (Å²) >= 11 is 0. The van der Waals surface area contributed by atoms with E-state index >= 15 is 0 Å². The van der Waals surface area contributed by atoms with Crippen LogP contribution in [0.3, 0.4) is 0 Å². The summed E-state index contributed by atoms with van der Waals surface area (Å²) in [6.45, 7) is 1.33. The second-order valence-corrected chi connectivity index (χ2v) is 11.4. The van der Waals surface area contributed by atoms with E-state index in [1.54, 1.807) is 0 Å². The minimum Gasteiger partial charge on any atom is -0.481 e. The van der Waals surface area contributed by atoms with Crippen molar-refractivity contribution in [3.8, 4) is 0 Å². The number of Topliss-reactive ketones (excluding diaryl/α,β-unsaturated/α-hetero) is 1. The van der Waals surface area contributed by atoms with Crippen LogP contribution in [0.5, 0.6) is 0 Å². The van der Waals surface area contributed by atoms with Crippen LogP contribution < -0.4 is 10.6 Å². The zero-order valence-corrected chi connectivity index (χ0v) is 25.6. The first kappa shape index (κ1) is 39.5. The number of carbonyl (C=O) groups excluding carboxylic acids is 2. The van der Waals surface area contributed by atoms with Gasteiger partial charge in [-0.2, -0.15) is 0 Å². The molecule has 0 saturated heterocycles. The van der Waals surface area contributed by atoms with Crippen LogP contribution in [0.15, 0.2) is 0 Å². The summed E-state index contributed by atoms with van der Waals surface area (Å²) in [6, 6.07) is -2.35. The van der Waals surface area contributed by atoms with Gasteiger partial charge in [-0.15, -0.1) is 0 Å². The minimum absolute atomic E-state index is 0.0192. The van der Waals surface area contributed by atoms with Crippen molar-refractivity contribution in [1.82, 2.24) is 10.6 Å². The molecular weight excluding hydrogens is 544 g/mol. The van der Waals surface area contributed by atoms with Gasteiger partial charge >= 0.3 is 17.9 Å². The molecule has 11 nitrogen and oxygen atoms in total. The van der Waals surface area contributed by atoms with Crippen LogP contribution in [0.2, 0.25) is 0 Å². The van der Waals surface area contributed by atoms with E-state index in [1.807, 2.05) is 0 Å². The van der Waals surface area contributed by atoms with Gasteiger partial charge in [0.25, 0.3) is 0 Å². The fraction of sp³-hybridized carbons (Fsp3) is 0.839. The van der Waals surface area contributed by atoms with E-state index in [2.05, 4.69) is 10.6 Å². The number of carboxylic acid groups (broad SMARTS) is 3. The quantitative estimate of drug-likeness (QED) is 0.0473. The maximum absolute atomic E-state index is 12.1. The molecule has 0 rings (SSSR count). The number of unbranched alkanes of at least 4 members (excludes halogenated alkanes) is 15. The summed E-state index contributed by atoms with van der Waals surface area (Å²) < 4.78 is 0. The molecular formula is C31H56N2O9. The lowest BCUT2D eigenvalue weighted by Gasteiger charge is -2.20. The third-order valence-corrected chi connectivity index (χ3v) is 7.39. The smallest absolute Gasteiger partial charge is 0.326 e. The zero-order valence-electron chi connectivity index (χ0n) is 25.6. The molecule has 11 heteroatoms. The molecule has 0 heterocycles. The van der Waals surface area contributed by atoms with E-state index in [9.17, 15) is 39.3 Å². The summed E-state index contributed by atoms with van der Waals surface area (Å²) in [5.74, 6) is -3.96. The molecule has 0 saturated carbocycles. The van der Waals surface area contributed by atoms with Crippen LogP contribution >= 0.6 is 0 Å². The Morgan fingerprint density at radius 2 is 0.929 bits per heavy atom. The molecule has 0 aromatic rings. The van der Waals surface area contributed by atoms with Crippen molar-refractivity contribution < 1.29 is 44.4 Å². The first-order chi connectivity index (χ1) is 20.0. The van der Waals surface area contributed by atoms with Crippen molar-refractivity contribution in [2.45, 2.75) is 166 Å². The lowest BCUT2D eigenvalue weighted by Crippen LogP contribution is -2.45. The Kier molecular flexibility index (Phi) is 24.6. The number of aliphatic carboxylic acids is 3. The summed E-state index contributed by atoms with van der Waals surface area (Å²) in [6.07, 6.45) is 17.4. The summed E-state index contributed by atoms with van der Waals surface area (Å²) in [4.78, 5) is 56.5. The molecule has 0 radical (unpaired) electrons. The van der Waals surface area contributed by atoms with Crippen molar-refractivity contribution in [2.75, 3.05) is 0 Å². The van der Waals surface area contributed by atoms with Gasteiger partial charge in [-0.1, -0.05) is 89.9 Å². The number of carbonyl (C=O) groups is 5. The largest absolute Gasteiger partial charge is 0.481 e. The van der Waals surface area contributed by atoms with Crippen LogP contribution in [-0.4, -0.2) is 68.3 Å². The predicted octanol–water partition coefficient (Wildman–Crippen LogP) is 5.17. The number of aliphatic hydroxyl groups excluding tert-OH is 1. The van der Waals surface area contributed by atoms with E-state index in [4.69, 9.17) is 5.11 Å². The number of ketones is 1. The molecule has 244 valence electrons. The molecule has 0 bridgehead atoms. The van der Waals surface area contributed by atoms with Crippen LogP contribution in [0, 0.1) is 0 Å². The first-order valence-electron chi connectivity index (χ1n) is 15.9. The lowest BCUT2D eigenvalue weighted by atomic mass is 10.0. The first-order valence-corrected chi connectivity index (χ1v) is 15.9. The highest BCUT2D eigenvalue weighted by Crippen LogP contribution is 2.15. The Labute approximate surface area is 251 Å². The minimum atomic E-state index is -1.25. The number of rotatable bonds is 30. The fourth-order valence-electron chi connectivity index (χ4n) is 4.83. The van der Waals surface area contributed by atoms with Gasteiger partial charge in [0.05, 0.1) is 0 Å². The Morgan fingerprint density at radius 3 is 1.33 bits per heavy atom. The van der Waals surface area contributed by atoms with Crippen molar-refractivity contribution in [3.63, 3.8) is 0 Å². The highest BCUT2D eigenvalue weighted by atomic mass is 16.4. The molecule has 42 heavy (non-hydrogen) atoms. The van der Waals surface area contributed by atoms with Gasteiger partial charge in [0.15, 0.2) is 0 Å². The maximum Gasteiger partial charge on any atom is 0.326 e. The van der Waals surface area contributed by atoms with Gasteiger partial charge in [0.2, 0.25) is 5.91 Å². The second kappa shape index (κ2) is 26.1. The number of nitrogens with one attached hydrogen (secondary N) is 2. The number of aliphatic hydroxyl groups is 1. The molecule has 0 aromatic heterocycles. The van der Waals surface area contributed by atoms with Crippen LogP contribution in [-0.2, 0) is 24.0 Å². The molecule has 0 fully saturated rings. The van der Waals surface area contributed by atoms with E-state index in [0.29, 0.717) is 6.42 Å². The number of amides is 1. The third-order valence-electron chi connectivity index (χ3n) is 7.39. The van der Waals surface area contributed by atoms with Crippen LogP contribution in [0.25, 0.3) is 0 Å². The molecule has 1 amide bonds. The highest BCUT2D eigenvalue weighted by Gasteiger charge is 2.24. The molecule has 0 spiro atoms. The summed E-state index contributed by atoms with van der Waals surface area (Å²) in [7, 11) is 0. The lowest BCUT2D eigenvalue weighted by molar-refractivity contribution is -0.143. The van der Waals surface area contributed by atoms with Crippen molar-refractivity contribution in [3.05, 3.63) is 0 Å². The zero-order chi connectivity index (χ0) is 31.6. The Bertz CT molecular complexity index is 776. The van der Waals surface area contributed by atoms with E-state index < -0.39 is 42.1 Å². The van der Waals surface area contributed by atoms with Gasteiger partial charge in [0.1, 0.15) is 24.1 Å². The van der Waals surface area contributed by atoms with Gasteiger partial charge in [0, 0.05) is 19.3 Å². The van der Waals surface area contributed by atoms with Crippen LogP contribution in [0.1, 0.15) is 148 Å². The Balaban J connectivity index is 3.80. The molecule has 3 unspecified atom stereocenters. The van der Waals surface area contributed by atoms with E-state index in [1.165, 1.54) is 64.7 Å². The molecule has 6 N–H and O–H groups in total. The number of hydrogen-bond donors (Lipinski definition) is 6. The van der Waals surface area contributed by atoms with Crippen molar-refractivity contribution in [2.24, 2.45) is 0 Å². The molecule has 0 aliphatic carbocycles. The monoisotopic (exact) mass is 600 g/mol. The Hall–Kier alpha value is -2.53. The molecule has 0 aliphatic heterocycles. The molecule has 0 aromatic carbocycles. The third kappa shape index (κ3) is 25.2. The number of hydrogen-bond acceptors (Lipinski definition) is 7. The van der Waals surface area contributed by atoms with E-state index in [0.717, 1.165) is 44.9 Å².